The third-order valence-corrected chi connectivity index (χ3v) is 2.62. The van der Waals surface area contributed by atoms with Gasteiger partial charge in [-0.3, -0.25) is 4.90 Å². The zero-order chi connectivity index (χ0) is 12.7. The summed E-state index contributed by atoms with van der Waals surface area (Å²) in [6, 6.07) is 0. The minimum absolute atomic E-state index is 0.250. The maximum atomic E-state index is 8.48. The second-order valence-electron chi connectivity index (χ2n) is 3.70. The molecule has 96 valence electrons. The maximum absolute atomic E-state index is 8.48. The summed E-state index contributed by atoms with van der Waals surface area (Å²) < 4.78 is 1.87. The molecule has 0 atom stereocenters. The quantitative estimate of drug-likeness (QED) is 0.308. The molecule has 0 amide bonds. The van der Waals surface area contributed by atoms with Crippen molar-refractivity contribution in [3.8, 4) is 0 Å². The maximum Gasteiger partial charge on any atom is 0.140 e. The van der Waals surface area contributed by atoms with E-state index in [1.54, 1.807) is 6.33 Å². The number of oxime groups is 1. The lowest BCUT2D eigenvalue weighted by molar-refractivity contribution is 0.271. The molecule has 17 heavy (non-hydrogen) atoms. The van der Waals surface area contributed by atoms with Gasteiger partial charge in [-0.05, 0) is 13.5 Å². The molecule has 1 rings (SSSR count). The minimum Gasteiger partial charge on any atom is -0.409 e. The van der Waals surface area contributed by atoms with Crippen molar-refractivity contribution in [1.82, 2.24) is 19.7 Å². The van der Waals surface area contributed by atoms with Crippen molar-refractivity contribution in [2.45, 2.75) is 33.4 Å². The molecular weight excluding hydrogens is 220 g/mol. The van der Waals surface area contributed by atoms with Crippen molar-refractivity contribution in [2.24, 2.45) is 10.9 Å². The zero-order valence-corrected chi connectivity index (χ0v) is 10.4. The number of nitrogens with two attached hydrogens (primary N) is 1. The predicted octanol–water partition coefficient (Wildman–Crippen LogP) is 0.256. The smallest absolute Gasteiger partial charge is 0.140 e. The van der Waals surface area contributed by atoms with E-state index in [0.29, 0.717) is 6.42 Å². The number of hydrogen-bond donors (Lipinski definition) is 2. The highest BCUT2D eigenvalue weighted by molar-refractivity contribution is 5.79. The van der Waals surface area contributed by atoms with Crippen LogP contribution in [0.15, 0.2) is 11.5 Å². The Morgan fingerprint density at radius 3 is 2.94 bits per heavy atom. The van der Waals surface area contributed by atoms with Crippen LogP contribution in [-0.4, -0.2) is 43.8 Å². The lowest BCUT2D eigenvalue weighted by Crippen LogP contribution is -2.29. The van der Waals surface area contributed by atoms with Crippen LogP contribution in [0.2, 0.25) is 0 Å². The summed E-state index contributed by atoms with van der Waals surface area (Å²) in [4.78, 5) is 6.40. The molecule has 0 spiro atoms. The van der Waals surface area contributed by atoms with Crippen LogP contribution >= 0.6 is 0 Å². The fourth-order valence-electron chi connectivity index (χ4n) is 1.55. The molecule has 0 aromatic carbocycles. The van der Waals surface area contributed by atoms with Gasteiger partial charge in [0.05, 0.1) is 6.54 Å². The molecule has 1 aromatic heterocycles. The van der Waals surface area contributed by atoms with Gasteiger partial charge in [0.15, 0.2) is 0 Å². The van der Waals surface area contributed by atoms with Crippen LogP contribution < -0.4 is 5.73 Å². The van der Waals surface area contributed by atoms with E-state index in [0.717, 1.165) is 32.0 Å². The van der Waals surface area contributed by atoms with Crippen molar-refractivity contribution < 1.29 is 5.21 Å². The Hall–Kier alpha value is -1.63. The van der Waals surface area contributed by atoms with E-state index in [1.807, 2.05) is 11.6 Å². The number of hydrogen-bond acceptors (Lipinski definition) is 5. The van der Waals surface area contributed by atoms with Crippen molar-refractivity contribution in [2.75, 3.05) is 13.1 Å². The van der Waals surface area contributed by atoms with Crippen LogP contribution in [-0.2, 0) is 13.1 Å². The molecule has 1 heterocycles. The first-order valence-electron chi connectivity index (χ1n) is 5.76. The van der Waals surface area contributed by atoms with Crippen LogP contribution in [0.25, 0.3) is 0 Å². The van der Waals surface area contributed by atoms with Crippen molar-refractivity contribution in [1.29, 1.82) is 0 Å². The number of aromatic nitrogens is 3. The fourth-order valence-corrected chi connectivity index (χ4v) is 1.55. The fraction of sp³-hybridized carbons (Fsp3) is 0.700. The number of aryl methyl sites for hydroxylation is 1. The summed E-state index contributed by atoms with van der Waals surface area (Å²) in [6.45, 7) is 7.26. The van der Waals surface area contributed by atoms with Crippen LogP contribution in [0.5, 0.6) is 0 Å². The molecular formula is C10H20N6O. The molecule has 0 saturated carbocycles. The van der Waals surface area contributed by atoms with Gasteiger partial charge in [0.2, 0.25) is 0 Å². The molecule has 0 bridgehead atoms. The van der Waals surface area contributed by atoms with Gasteiger partial charge in [0.1, 0.15) is 18.0 Å². The average Bonchev–Trinajstić information content (AvgIpc) is 2.80. The number of nitrogens with zero attached hydrogens (tertiary/aromatic N) is 5. The normalized spacial score (nSPS) is 12.3. The average molecular weight is 240 g/mol. The molecule has 0 aliphatic carbocycles. The Kier molecular flexibility index (Phi) is 5.41. The second-order valence-corrected chi connectivity index (χ2v) is 3.70. The van der Waals surface area contributed by atoms with E-state index in [4.69, 9.17) is 10.9 Å². The molecule has 0 aliphatic heterocycles. The molecule has 3 N–H and O–H groups in total. The van der Waals surface area contributed by atoms with Crippen molar-refractivity contribution in [3.05, 3.63) is 12.2 Å². The van der Waals surface area contributed by atoms with Gasteiger partial charge >= 0.3 is 0 Å². The van der Waals surface area contributed by atoms with Gasteiger partial charge in [-0.2, -0.15) is 5.10 Å². The predicted molar refractivity (Wildman–Crippen MR) is 64.7 cm³/mol. The Morgan fingerprint density at radius 2 is 2.35 bits per heavy atom. The van der Waals surface area contributed by atoms with Crippen LogP contribution in [0.4, 0.5) is 0 Å². The van der Waals surface area contributed by atoms with E-state index in [2.05, 4.69) is 27.1 Å². The molecule has 1 aromatic rings. The highest BCUT2D eigenvalue weighted by atomic mass is 16.4. The van der Waals surface area contributed by atoms with Gasteiger partial charge in [-0.25, -0.2) is 9.67 Å². The summed E-state index contributed by atoms with van der Waals surface area (Å²) in [5.74, 6) is 1.19. The van der Waals surface area contributed by atoms with Gasteiger partial charge in [-0.15, -0.1) is 0 Å². The molecule has 0 fully saturated rings. The SMILES string of the molecule is CCN(CCC(N)=NO)Cc1ncnn1CC. The molecule has 0 radical (unpaired) electrons. The molecule has 0 saturated heterocycles. The van der Waals surface area contributed by atoms with E-state index in [-0.39, 0.29) is 5.84 Å². The minimum atomic E-state index is 0.250. The van der Waals surface area contributed by atoms with Gasteiger partial charge in [0, 0.05) is 19.5 Å². The molecule has 0 unspecified atom stereocenters. The van der Waals surface area contributed by atoms with E-state index in [9.17, 15) is 0 Å². The Labute approximate surface area is 101 Å². The third-order valence-electron chi connectivity index (χ3n) is 2.62. The van der Waals surface area contributed by atoms with Gasteiger partial charge in [-0.1, -0.05) is 12.1 Å². The topological polar surface area (TPSA) is 92.6 Å². The summed E-state index contributed by atoms with van der Waals surface area (Å²) in [6.07, 6.45) is 2.11. The Balaban J connectivity index is 2.52. The Bertz CT molecular complexity index is 361. The monoisotopic (exact) mass is 240 g/mol. The lowest BCUT2D eigenvalue weighted by atomic mass is 10.3. The van der Waals surface area contributed by atoms with E-state index >= 15 is 0 Å². The zero-order valence-electron chi connectivity index (χ0n) is 10.4. The van der Waals surface area contributed by atoms with Crippen LogP contribution in [0.1, 0.15) is 26.1 Å². The number of rotatable bonds is 7. The summed E-state index contributed by atoms with van der Waals surface area (Å²) in [7, 11) is 0. The molecule has 7 heteroatoms. The lowest BCUT2D eigenvalue weighted by Gasteiger charge is -2.19. The van der Waals surface area contributed by atoms with E-state index < -0.39 is 0 Å². The first-order chi connectivity index (χ1) is 8.21. The summed E-state index contributed by atoms with van der Waals surface area (Å²) in [5.41, 5.74) is 5.45. The summed E-state index contributed by atoms with van der Waals surface area (Å²) in [5, 5.41) is 15.6. The Morgan fingerprint density at radius 1 is 1.59 bits per heavy atom. The van der Waals surface area contributed by atoms with Gasteiger partial charge in [0.25, 0.3) is 0 Å². The third kappa shape index (κ3) is 4.03. The van der Waals surface area contributed by atoms with Crippen LogP contribution in [0, 0.1) is 0 Å². The van der Waals surface area contributed by atoms with Gasteiger partial charge < -0.3 is 10.9 Å². The number of amidine groups is 1. The molecule has 0 aliphatic rings. The van der Waals surface area contributed by atoms with Crippen molar-refractivity contribution in [3.63, 3.8) is 0 Å². The van der Waals surface area contributed by atoms with Crippen LogP contribution in [0.3, 0.4) is 0 Å². The highest BCUT2D eigenvalue weighted by Gasteiger charge is 2.09. The summed E-state index contributed by atoms with van der Waals surface area (Å²) >= 11 is 0. The molecule has 7 nitrogen and oxygen atoms in total. The highest BCUT2D eigenvalue weighted by Crippen LogP contribution is 2.02. The standard InChI is InChI=1S/C10H20N6O/c1-3-15(6-5-9(11)14-17)7-10-12-8-13-16(10)4-2/h8,17H,3-7H2,1-2H3,(H2,11,14). The van der Waals surface area contributed by atoms with Crippen molar-refractivity contribution >= 4 is 5.84 Å². The van der Waals surface area contributed by atoms with E-state index in [1.165, 1.54) is 0 Å². The first-order valence-corrected chi connectivity index (χ1v) is 5.76. The second kappa shape index (κ2) is 6.85. The largest absolute Gasteiger partial charge is 0.409 e. The first kappa shape index (κ1) is 13.4.